The van der Waals surface area contributed by atoms with Gasteiger partial charge in [-0.2, -0.15) is 0 Å². The minimum absolute atomic E-state index is 0. The minimum atomic E-state index is -0.0539. The van der Waals surface area contributed by atoms with Crippen LogP contribution in [0.3, 0.4) is 0 Å². The Kier molecular flexibility index (Phi) is 8.99. The first-order chi connectivity index (χ1) is 11.2. The zero-order valence-electron chi connectivity index (χ0n) is 14.0. The molecule has 0 unspecified atom stereocenters. The van der Waals surface area contributed by atoms with Crippen LogP contribution in [0.15, 0.2) is 30.3 Å². The van der Waals surface area contributed by atoms with Crippen LogP contribution < -0.4 is 10.6 Å². The molecule has 0 atom stereocenters. The Morgan fingerprint density at radius 2 is 1.96 bits per heavy atom. The van der Waals surface area contributed by atoms with Crippen molar-refractivity contribution in [3.8, 4) is 5.69 Å². The first-order valence-electron chi connectivity index (χ1n) is 7.65. The molecule has 1 amide bonds. The minimum Gasteiger partial charge on any atom is -0.383 e. The van der Waals surface area contributed by atoms with Crippen molar-refractivity contribution >= 4 is 18.3 Å². The molecule has 0 saturated carbocycles. The van der Waals surface area contributed by atoms with Crippen LogP contribution in [0.1, 0.15) is 11.4 Å². The normalized spacial score (nSPS) is 10.2. The number of hydrogen-bond donors (Lipinski definition) is 2. The molecule has 132 valence electrons. The average molecular weight is 354 g/mol. The molecule has 0 radical (unpaired) electrons. The average Bonchev–Trinajstić information content (AvgIpc) is 2.92. The van der Waals surface area contributed by atoms with E-state index in [4.69, 9.17) is 4.74 Å². The number of hydrogen-bond acceptors (Lipinski definition) is 5. The number of rotatable bonds is 9. The van der Waals surface area contributed by atoms with Crippen molar-refractivity contribution in [3.05, 3.63) is 41.7 Å². The molecule has 2 rings (SSSR count). The quantitative estimate of drug-likeness (QED) is 0.654. The lowest BCUT2D eigenvalue weighted by molar-refractivity contribution is -0.120. The summed E-state index contributed by atoms with van der Waals surface area (Å²) in [7, 11) is 1.66. The highest BCUT2D eigenvalue weighted by Gasteiger charge is 2.13. The molecule has 1 aromatic carbocycles. The maximum atomic E-state index is 12.0. The van der Waals surface area contributed by atoms with Crippen LogP contribution in [0, 0.1) is 6.92 Å². The van der Waals surface area contributed by atoms with Crippen molar-refractivity contribution < 1.29 is 9.53 Å². The van der Waals surface area contributed by atoms with Crippen LogP contribution in [-0.4, -0.2) is 54.3 Å². The predicted octanol–water partition coefficient (Wildman–Crippen LogP) is 0.892. The number of amides is 1. The number of methoxy groups -OCH3 is 1. The molecule has 0 fully saturated rings. The van der Waals surface area contributed by atoms with Crippen LogP contribution in [0.2, 0.25) is 0 Å². The molecule has 0 aliphatic heterocycles. The highest BCUT2D eigenvalue weighted by atomic mass is 35.5. The summed E-state index contributed by atoms with van der Waals surface area (Å²) >= 11 is 0. The monoisotopic (exact) mass is 353 g/mol. The molecule has 0 bridgehead atoms. The third kappa shape index (κ3) is 5.92. The van der Waals surface area contributed by atoms with Crippen molar-refractivity contribution in [2.24, 2.45) is 0 Å². The predicted molar refractivity (Wildman–Crippen MR) is 94.8 cm³/mol. The number of carbonyl (C=O) groups is 1. The fraction of sp³-hybridized carbons (Fsp3) is 0.438. The van der Waals surface area contributed by atoms with Crippen molar-refractivity contribution in [2.75, 3.05) is 33.4 Å². The van der Waals surface area contributed by atoms with Gasteiger partial charge in [-0.15, -0.1) is 17.5 Å². The third-order valence-electron chi connectivity index (χ3n) is 3.43. The molecule has 2 aromatic rings. The van der Waals surface area contributed by atoms with Crippen LogP contribution >= 0.6 is 12.4 Å². The topological polar surface area (TPSA) is 81.1 Å². The van der Waals surface area contributed by atoms with Crippen molar-refractivity contribution in [1.29, 1.82) is 0 Å². The lowest BCUT2D eigenvalue weighted by atomic mass is 10.2. The van der Waals surface area contributed by atoms with E-state index < -0.39 is 0 Å². The van der Waals surface area contributed by atoms with E-state index in [-0.39, 0.29) is 24.7 Å². The number of aromatic nitrogens is 3. The standard InChI is InChI=1S/C16H23N5O2.ClH/c1-13-15(12-16(22)18-9-8-17-10-11-23-2)19-20-21(13)14-6-4-3-5-7-14;/h3-7,17H,8-12H2,1-2H3,(H,18,22);1H. The Hall–Kier alpha value is -1.96. The van der Waals surface area contributed by atoms with Crippen molar-refractivity contribution in [2.45, 2.75) is 13.3 Å². The van der Waals surface area contributed by atoms with Gasteiger partial charge in [0.2, 0.25) is 5.91 Å². The van der Waals surface area contributed by atoms with Gasteiger partial charge in [0.1, 0.15) is 0 Å². The van der Waals surface area contributed by atoms with E-state index in [2.05, 4.69) is 20.9 Å². The smallest absolute Gasteiger partial charge is 0.226 e. The van der Waals surface area contributed by atoms with E-state index in [0.29, 0.717) is 25.4 Å². The zero-order chi connectivity index (χ0) is 16.5. The summed E-state index contributed by atoms with van der Waals surface area (Å²) < 4.78 is 6.68. The molecule has 7 nitrogen and oxygen atoms in total. The lowest BCUT2D eigenvalue weighted by Gasteiger charge is -2.06. The van der Waals surface area contributed by atoms with Gasteiger partial charge < -0.3 is 15.4 Å². The van der Waals surface area contributed by atoms with Crippen molar-refractivity contribution in [3.63, 3.8) is 0 Å². The molecule has 2 N–H and O–H groups in total. The molecular formula is C16H24ClN5O2. The van der Waals surface area contributed by atoms with Gasteiger partial charge in [-0.3, -0.25) is 4.79 Å². The van der Waals surface area contributed by atoms with Gasteiger partial charge in [-0.25, -0.2) is 4.68 Å². The summed E-state index contributed by atoms with van der Waals surface area (Å²) in [6, 6.07) is 9.75. The molecule has 8 heteroatoms. The van der Waals surface area contributed by atoms with Gasteiger partial charge in [0.05, 0.1) is 30.1 Å². The zero-order valence-corrected chi connectivity index (χ0v) is 14.8. The molecule has 0 spiro atoms. The van der Waals surface area contributed by atoms with Gasteiger partial charge >= 0.3 is 0 Å². The van der Waals surface area contributed by atoms with E-state index in [9.17, 15) is 4.79 Å². The van der Waals surface area contributed by atoms with Gasteiger partial charge in [-0.1, -0.05) is 23.4 Å². The second-order valence-corrected chi connectivity index (χ2v) is 5.14. The maximum absolute atomic E-state index is 12.0. The highest BCUT2D eigenvalue weighted by molar-refractivity contribution is 5.85. The Labute approximate surface area is 148 Å². The first kappa shape index (κ1) is 20.1. The Balaban J connectivity index is 0.00000288. The SMILES string of the molecule is COCCNCCNC(=O)Cc1nnn(-c2ccccc2)c1C.Cl. The Morgan fingerprint density at radius 1 is 1.21 bits per heavy atom. The molecular weight excluding hydrogens is 330 g/mol. The number of halogens is 1. The second-order valence-electron chi connectivity index (χ2n) is 5.14. The van der Waals surface area contributed by atoms with E-state index in [1.54, 1.807) is 11.8 Å². The summed E-state index contributed by atoms with van der Waals surface area (Å²) in [4.78, 5) is 12.0. The van der Waals surface area contributed by atoms with Gasteiger partial charge in [0, 0.05) is 26.7 Å². The number of nitrogens with zero attached hydrogens (tertiary/aromatic N) is 3. The number of ether oxygens (including phenoxy) is 1. The molecule has 24 heavy (non-hydrogen) atoms. The van der Waals surface area contributed by atoms with Crippen LogP contribution in [0.5, 0.6) is 0 Å². The number of benzene rings is 1. The summed E-state index contributed by atoms with van der Waals surface area (Å²) in [6.07, 6.45) is 0.233. The molecule has 0 aliphatic rings. The largest absolute Gasteiger partial charge is 0.383 e. The van der Waals surface area contributed by atoms with E-state index in [0.717, 1.165) is 17.9 Å². The maximum Gasteiger partial charge on any atom is 0.226 e. The summed E-state index contributed by atoms with van der Waals surface area (Å²) in [5.41, 5.74) is 2.51. The van der Waals surface area contributed by atoms with E-state index >= 15 is 0 Å². The van der Waals surface area contributed by atoms with Gasteiger partial charge in [0.15, 0.2) is 0 Å². The fourth-order valence-electron chi connectivity index (χ4n) is 2.14. The molecule has 0 aliphatic carbocycles. The summed E-state index contributed by atoms with van der Waals surface area (Å²) in [5.74, 6) is -0.0539. The number of nitrogens with one attached hydrogen (secondary N) is 2. The molecule has 0 saturated heterocycles. The van der Waals surface area contributed by atoms with Crippen LogP contribution in [0.4, 0.5) is 0 Å². The summed E-state index contributed by atoms with van der Waals surface area (Å²) in [6.45, 7) is 4.65. The molecule has 1 heterocycles. The van der Waals surface area contributed by atoms with E-state index in [1.807, 2.05) is 37.3 Å². The third-order valence-corrected chi connectivity index (χ3v) is 3.43. The summed E-state index contributed by atoms with van der Waals surface area (Å²) in [5, 5.41) is 14.3. The van der Waals surface area contributed by atoms with Gasteiger partial charge in [0.25, 0.3) is 0 Å². The van der Waals surface area contributed by atoms with Gasteiger partial charge in [-0.05, 0) is 19.1 Å². The molecule has 1 aromatic heterocycles. The fourth-order valence-corrected chi connectivity index (χ4v) is 2.14. The van der Waals surface area contributed by atoms with Crippen molar-refractivity contribution in [1.82, 2.24) is 25.6 Å². The van der Waals surface area contributed by atoms with Crippen LogP contribution in [0.25, 0.3) is 5.69 Å². The lowest BCUT2D eigenvalue weighted by Crippen LogP contribution is -2.34. The number of para-hydroxylation sites is 1. The first-order valence-corrected chi connectivity index (χ1v) is 7.65. The number of carbonyl (C=O) groups excluding carboxylic acids is 1. The Morgan fingerprint density at radius 3 is 2.67 bits per heavy atom. The van der Waals surface area contributed by atoms with E-state index in [1.165, 1.54) is 0 Å². The Bertz CT molecular complexity index is 618. The highest BCUT2D eigenvalue weighted by Crippen LogP contribution is 2.11. The second kappa shape index (κ2) is 10.7. The van der Waals surface area contributed by atoms with Crippen LogP contribution in [-0.2, 0) is 16.0 Å².